The van der Waals surface area contributed by atoms with E-state index in [2.05, 4.69) is 18.6 Å². The third-order valence-corrected chi connectivity index (χ3v) is 2.41. The fraction of sp³-hybridized carbons (Fsp3) is 0.400. The van der Waals surface area contributed by atoms with Gasteiger partial charge < -0.3 is 9.78 Å². The Hall–Kier alpha value is -0.835. The van der Waals surface area contributed by atoms with E-state index in [1.54, 1.807) is 0 Å². The molecule has 3 nitrogen and oxygen atoms in total. The fourth-order valence-electron chi connectivity index (χ4n) is 1.55. The highest BCUT2D eigenvalue weighted by Gasteiger charge is 2.15. The van der Waals surface area contributed by atoms with Gasteiger partial charge in [0.05, 0.1) is 0 Å². The van der Waals surface area contributed by atoms with Gasteiger partial charge in [0.2, 0.25) is 0 Å². The first-order valence-electron chi connectivity index (χ1n) is 4.88. The molecule has 0 fully saturated rings. The van der Waals surface area contributed by atoms with Crippen molar-refractivity contribution >= 4 is 12.6 Å². The number of hydrogen-bond acceptors (Lipinski definition) is 3. The Morgan fingerprint density at radius 3 is 2.43 bits per heavy atom. The lowest BCUT2D eigenvalue weighted by Crippen LogP contribution is -2.36. The number of aryl methyl sites for hydroxylation is 2. The molecule has 76 valence electrons. The minimum Gasteiger partial charge on any atom is -0.422 e. The molecule has 4 heteroatoms. The largest absolute Gasteiger partial charge is 0.508 e. The summed E-state index contributed by atoms with van der Waals surface area (Å²) in [5.74, 6) is 4.92. The van der Waals surface area contributed by atoms with Gasteiger partial charge in [0.1, 0.15) is 0 Å². The molecule has 0 saturated heterocycles. The molecule has 0 saturated carbocycles. The summed E-state index contributed by atoms with van der Waals surface area (Å²) in [6.45, 7) is 4.21. The lowest BCUT2D eigenvalue weighted by atomic mass is 9.78. The molecule has 0 bridgehead atoms. The summed E-state index contributed by atoms with van der Waals surface area (Å²) < 4.78 is 4.36. The Balaban J connectivity index is 3.01. The summed E-state index contributed by atoms with van der Waals surface area (Å²) in [6.07, 6.45) is 1.96. The van der Waals surface area contributed by atoms with Gasteiger partial charge in [0, 0.05) is 0 Å². The van der Waals surface area contributed by atoms with Crippen LogP contribution < -0.4 is 11.4 Å². The summed E-state index contributed by atoms with van der Waals surface area (Å²) in [7, 11) is -1.02. The number of nitrogens with two attached hydrogens (primary N) is 1. The van der Waals surface area contributed by atoms with Gasteiger partial charge in [-0.2, -0.15) is 0 Å². The van der Waals surface area contributed by atoms with Crippen molar-refractivity contribution in [1.29, 1.82) is 0 Å². The van der Waals surface area contributed by atoms with E-state index in [1.165, 1.54) is 11.1 Å². The molecule has 0 aliphatic rings. The van der Waals surface area contributed by atoms with E-state index in [0.29, 0.717) is 5.46 Å². The van der Waals surface area contributed by atoms with Crippen LogP contribution in [-0.4, -0.2) is 12.1 Å². The van der Waals surface area contributed by atoms with E-state index in [1.807, 2.05) is 18.2 Å². The van der Waals surface area contributed by atoms with E-state index in [9.17, 15) is 5.02 Å². The predicted octanol–water partition coefficient (Wildman–Crippen LogP) is 0.389. The van der Waals surface area contributed by atoms with Crippen molar-refractivity contribution in [3.63, 3.8) is 0 Å². The van der Waals surface area contributed by atoms with E-state index in [-0.39, 0.29) is 0 Å². The first kappa shape index (κ1) is 11.2. The SMILES string of the molecule is CCc1ccc(B(O)ON)cc1CC. The molecule has 0 aliphatic heterocycles. The Kier molecular flexibility index (Phi) is 4.13. The van der Waals surface area contributed by atoms with Gasteiger partial charge in [0.15, 0.2) is 0 Å². The molecule has 1 aromatic rings. The van der Waals surface area contributed by atoms with Crippen LogP contribution in [0.5, 0.6) is 0 Å². The maximum absolute atomic E-state index is 9.37. The van der Waals surface area contributed by atoms with Crippen LogP contribution in [0.1, 0.15) is 25.0 Å². The van der Waals surface area contributed by atoms with Crippen molar-refractivity contribution in [1.82, 2.24) is 0 Å². The second-order valence-corrected chi connectivity index (χ2v) is 3.22. The van der Waals surface area contributed by atoms with Crippen molar-refractivity contribution in [3.05, 3.63) is 29.3 Å². The Bertz CT molecular complexity index is 304. The minimum atomic E-state index is -1.02. The molecule has 1 aromatic carbocycles. The first-order valence-corrected chi connectivity index (χ1v) is 4.88. The highest BCUT2D eigenvalue weighted by molar-refractivity contribution is 6.59. The number of rotatable bonds is 4. The normalized spacial score (nSPS) is 10.3. The molecule has 0 spiro atoms. The summed E-state index contributed by atoms with van der Waals surface area (Å²) in [6, 6.07) is 5.79. The fourth-order valence-corrected chi connectivity index (χ4v) is 1.55. The summed E-state index contributed by atoms with van der Waals surface area (Å²) >= 11 is 0. The Morgan fingerprint density at radius 1 is 1.29 bits per heavy atom. The van der Waals surface area contributed by atoms with Crippen LogP contribution in [0, 0.1) is 0 Å². The Labute approximate surface area is 85.0 Å². The standard InChI is InChI=1S/C10H16BNO2/c1-3-8-5-6-10(11(13)14-12)7-9(8)4-2/h5-7,13H,3-4,12H2,1-2H3. The zero-order valence-corrected chi connectivity index (χ0v) is 8.66. The van der Waals surface area contributed by atoms with Crippen molar-refractivity contribution in [2.24, 2.45) is 5.90 Å². The van der Waals surface area contributed by atoms with Crippen LogP contribution in [0.25, 0.3) is 0 Å². The van der Waals surface area contributed by atoms with Gasteiger partial charge in [-0.15, -0.1) is 0 Å². The van der Waals surface area contributed by atoms with Crippen molar-refractivity contribution in [2.75, 3.05) is 0 Å². The highest BCUT2D eigenvalue weighted by Crippen LogP contribution is 2.08. The van der Waals surface area contributed by atoms with E-state index in [4.69, 9.17) is 5.90 Å². The van der Waals surface area contributed by atoms with Crippen LogP contribution in [0.3, 0.4) is 0 Å². The predicted molar refractivity (Wildman–Crippen MR) is 58.1 cm³/mol. The monoisotopic (exact) mass is 193 g/mol. The van der Waals surface area contributed by atoms with Crippen LogP contribution in [-0.2, 0) is 17.6 Å². The van der Waals surface area contributed by atoms with Gasteiger partial charge in [-0.1, -0.05) is 32.0 Å². The molecule has 0 atom stereocenters. The van der Waals surface area contributed by atoms with Gasteiger partial charge in [0.25, 0.3) is 0 Å². The second-order valence-electron chi connectivity index (χ2n) is 3.22. The highest BCUT2D eigenvalue weighted by atomic mass is 16.6. The molecular formula is C10H16BNO2. The first-order chi connectivity index (χ1) is 6.72. The quantitative estimate of drug-likeness (QED) is 0.537. The lowest BCUT2D eigenvalue weighted by Gasteiger charge is -2.09. The van der Waals surface area contributed by atoms with Crippen molar-refractivity contribution < 1.29 is 9.78 Å². The molecule has 0 radical (unpaired) electrons. The lowest BCUT2D eigenvalue weighted by molar-refractivity contribution is 0.281. The third-order valence-electron chi connectivity index (χ3n) is 2.41. The minimum absolute atomic E-state index is 0.710. The van der Waals surface area contributed by atoms with Gasteiger partial charge in [-0.3, -0.25) is 0 Å². The molecule has 0 unspecified atom stereocenters. The summed E-state index contributed by atoms with van der Waals surface area (Å²) in [4.78, 5) is 0. The van der Waals surface area contributed by atoms with Crippen molar-refractivity contribution in [3.8, 4) is 0 Å². The zero-order chi connectivity index (χ0) is 10.6. The van der Waals surface area contributed by atoms with Crippen LogP contribution in [0.15, 0.2) is 18.2 Å². The second kappa shape index (κ2) is 5.15. The van der Waals surface area contributed by atoms with Crippen LogP contribution in [0.2, 0.25) is 0 Å². The smallest absolute Gasteiger partial charge is 0.422 e. The third kappa shape index (κ3) is 2.35. The van der Waals surface area contributed by atoms with Gasteiger partial charge in [-0.25, -0.2) is 5.90 Å². The topological polar surface area (TPSA) is 55.5 Å². The number of benzene rings is 1. The number of hydrogen-bond donors (Lipinski definition) is 2. The summed E-state index contributed by atoms with van der Waals surface area (Å²) in [5, 5.41) is 9.37. The van der Waals surface area contributed by atoms with E-state index < -0.39 is 7.12 Å². The van der Waals surface area contributed by atoms with Gasteiger partial charge in [-0.05, 0) is 29.4 Å². The average molecular weight is 193 g/mol. The van der Waals surface area contributed by atoms with Crippen LogP contribution in [0.4, 0.5) is 0 Å². The maximum Gasteiger partial charge on any atom is 0.508 e. The molecule has 0 heterocycles. The van der Waals surface area contributed by atoms with Crippen molar-refractivity contribution in [2.45, 2.75) is 26.7 Å². The van der Waals surface area contributed by atoms with E-state index in [0.717, 1.165) is 12.8 Å². The summed E-state index contributed by atoms with van der Waals surface area (Å²) in [5.41, 5.74) is 3.25. The van der Waals surface area contributed by atoms with Crippen LogP contribution >= 0.6 is 0 Å². The maximum atomic E-state index is 9.37. The molecule has 0 aliphatic carbocycles. The average Bonchev–Trinajstić information content (AvgIpc) is 2.26. The molecule has 0 amide bonds. The van der Waals surface area contributed by atoms with E-state index >= 15 is 0 Å². The Morgan fingerprint density at radius 2 is 1.93 bits per heavy atom. The zero-order valence-electron chi connectivity index (χ0n) is 8.66. The molecule has 3 N–H and O–H groups in total. The molecule has 1 rings (SSSR count). The molecule has 0 aromatic heterocycles. The van der Waals surface area contributed by atoms with Gasteiger partial charge >= 0.3 is 7.12 Å². The molecular weight excluding hydrogens is 177 g/mol. The molecule has 14 heavy (non-hydrogen) atoms.